The Hall–Kier alpha value is -2.31. The van der Waals surface area contributed by atoms with Crippen molar-refractivity contribution in [3.05, 3.63) is 58.6 Å². The van der Waals surface area contributed by atoms with Gasteiger partial charge in [-0.3, -0.25) is 4.79 Å². The van der Waals surface area contributed by atoms with E-state index in [1.807, 2.05) is 42.5 Å². The molecule has 1 fully saturated rings. The molecule has 0 atom stereocenters. The van der Waals surface area contributed by atoms with Crippen LogP contribution in [-0.4, -0.2) is 36.0 Å². The van der Waals surface area contributed by atoms with Gasteiger partial charge in [0.1, 0.15) is 11.6 Å². The van der Waals surface area contributed by atoms with E-state index in [9.17, 15) is 4.79 Å². The molecule has 0 saturated carbocycles. The van der Waals surface area contributed by atoms with Gasteiger partial charge in [0.15, 0.2) is 11.5 Å². The van der Waals surface area contributed by atoms with Crippen LogP contribution in [0.1, 0.15) is 24.0 Å². The Balaban J connectivity index is 1.68. The molecule has 2 N–H and O–H groups in total. The number of halogens is 1. The second-order valence-electron chi connectivity index (χ2n) is 6.71. The van der Waals surface area contributed by atoms with Crippen LogP contribution in [0.4, 0.5) is 0 Å². The van der Waals surface area contributed by atoms with Gasteiger partial charge in [0.2, 0.25) is 5.91 Å². The molecular formula is C21H23ClN2O3S. The van der Waals surface area contributed by atoms with Crippen molar-refractivity contribution in [1.82, 2.24) is 4.90 Å². The number of hydrogen-bond donors (Lipinski definition) is 1. The number of hydrogen-bond acceptors (Lipinski definition) is 4. The topological polar surface area (TPSA) is 64.8 Å². The molecule has 1 aliphatic heterocycles. The third kappa shape index (κ3) is 4.75. The van der Waals surface area contributed by atoms with E-state index in [0.29, 0.717) is 23.1 Å². The van der Waals surface area contributed by atoms with Gasteiger partial charge in [0, 0.05) is 35.2 Å². The number of piperidine rings is 1. The van der Waals surface area contributed by atoms with Crippen molar-refractivity contribution in [3.8, 4) is 11.5 Å². The average Bonchev–Trinajstić information content (AvgIpc) is 2.72. The Morgan fingerprint density at radius 3 is 2.57 bits per heavy atom. The third-order valence-electron chi connectivity index (χ3n) is 4.94. The molecule has 2 aromatic carbocycles. The van der Waals surface area contributed by atoms with Crippen LogP contribution in [0.25, 0.3) is 0 Å². The largest absolute Gasteiger partial charge is 0.493 e. The molecular weight excluding hydrogens is 396 g/mol. The summed E-state index contributed by atoms with van der Waals surface area (Å²) in [5, 5.41) is 0.665. The predicted octanol–water partition coefficient (Wildman–Crippen LogP) is 3.80. The molecule has 1 heterocycles. The Morgan fingerprint density at radius 2 is 1.93 bits per heavy atom. The number of carbonyl (C=O) groups is 1. The van der Waals surface area contributed by atoms with Crippen molar-refractivity contribution >= 4 is 34.7 Å². The molecule has 0 aliphatic carbocycles. The lowest BCUT2D eigenvalue weighted by Crippen LogP contribution is -2.41. The average molecular weight is 419 g/mol. The molecule has 2 aromatic rings. The van der Waals surface area contributed by atoms with Crippen LogP contribution in [0.15, 0.2) is 42.5 Å². The van der Waals surface area contributed by atoms with Crippen molar-refractivity contribution in [2.75, 3.05) is 20.2 Å². The van der Waals surface area contributed by atoms with E-state index < -0.39 is 0 Å². The second-order valence-corrected chi connectivity index (χ2v) is 7.51. The van der Waals surface area contributed by atoms with Crippen LogP contribution >= 0.6 is 23.8 Å². The van der Waals surface area contributed by atoms with E-state index in [1.54, 1.807) is 7.11 Å². The summed E-state index contributed by atoms with van der Waals surface area (Å²) in [6.45, 7) is 1.79. The fraction of sp³-hybridized carbons (Fsp3) is 0.333. The van der Waals surface area contributed by atoms with E-state index in [1.165, 1.54) is 0 Å². The number of primary amides is 1. The Morgan fingerprint density at radius 1 is 1.21 bits per heavy atom. The number of amides is 1. The maximum Gasteiger partial charge on any atom is 0.220 e. The molecule has 1 aliphatic rings. The Bertz CT molecular complexity index is 866. The van der Waals surface area contributed by atoms with E-state index in [4.69, 9.17) is 39.0 Å². The van der Waals surface area contributed by atoms with E-state index in [2.05, 4.69) is 4.90 Å². The number of rotatable bonds is 6. The summed E-state index contributed by atoms with van der Waals surface area (Å²) >= 11 is 11.8. The summed E-state index contributed by atoms with van der Waals surface area (Å²) in [7, 11) is 1.60. The quantitative estimate of drug-likeness (QED) is 0.723. The molecule has 5 nitrogen and oxygen atoms in total. The minimum absolute atomic E-state index is 0.0610. The minimum Gasteiger partial charge on any atom is -0.493 e. The number of methoxy groups -OCH3 is 1. The van der Waals surface area contributed by atoms with Gasteiger partial charge in [-0.15, -0.1) is 0 Å². The van der Waals surface area contributed by atoms with Crippen molar-refractivity contribution < 1.29 is 14.3 Å². The normalized spacial score (nSPS) is 14.6. The van der Waals surface area contributed by atoms with Crippen LogP contribution < -0.4 is 15.2 Å². The minimum atomic E-state index is -0.229. The first-order valence-corrected chi connectivity index (χ1v) is 9.91. The van der Waals surface area contributed by atoms with E-state index in [0.717, 1.165) is 42.0 Å². The number of thiocarbonyl (C=S) groups is 1. The Kier molecular flexibility index (Phi) is 6.75. The monoisotopic (exact) mass is 418 g/mol. The molecule has 3 rings (SSSR count). The maximum atomic E-state index is 11.3. The highest BCUT2D eigenvalue weighted by Gasteiger charge is 2.25. The summed E-state index contributed by atoms with van der Waals surface area (Å²) in [5.74, 6) is 0.946. The van der Waals surface area contributed by atoms with Crippen molar-refractivity contribution in [1.29, 1.82) is 0 Å². The molecule has 1 saturated heterocycles. The van der Waals surface area contributed by atoms with Crippen LogP contribution in [0.3, 0.4) is 0 Å². The molecule has 28 heavy (non-hydrogen) atoms. The predicted molar refractivity (Wildman–Crippen MR) is 114 cm³/mol. The summed E-state index contributed by atoms with van der Waals surface area (Å²) in [5.41, 5.74) is 7.19. The number of likely N-dealkylation sites (tertiary alicyclic amines) is 1. The number of nitrogens with two attached hydrogens (primary N) is 1. The maximum absolute atomic E-state index is 11.3. The molecule has 1 amide bonds. The number of nitrogens with zero attached hydrogens (tertiary/aromatic N) is 1. The smallest absolute Gasteiger partial charge is 0.220 e. The van der Waals surface area contributed by atoms with Gasteiger partial charge >= 0.3 is 0 Å². The van der Waals surface area contributed by atoms with Gasteiger partial charge in [-0.05, 0) is 37.1 Å². The molecule has 0 aromatic heterocycles. The summed E-state index contributed by atoms with van der Waals surface area (Å²) in [6.07, 6.45) is 1.46. The first kappa shape index (κ1) is 20.4. The van der Waals surface area contributed by atoms with Crippen LogP contribution in [0, 0.1) is 5.92 Å². The van der Waals surface area contributed by atoms with Gasteiger partial charge in [-0.25, -0.2) is 0 Å². The zero-order valence-electron chi connectivity index (χ0n) is 15.7. The molecule has 0 unspecified atom stereocenters. The standard InChI is InChI=1S/C21H23ClN2O3S/c1-26-19-12-15(21(28)24-10-8-14(9-11-24)20(23)25)6-7-18(19)27-13-16-4-2-3-5-17(16)22/h2-7,12,14H,8-11,13H2,1H3,(H2,23,25). The summed E-state index contributed by atoms with van der Waals surface area (Å²) in [4.78, 5) is 14.2. The van der Waals surface area contributed by atoms with Crippen molar-refractivity contribution in [2.45, 2.75) is 19.4 Å². The van der Waals surface area contributed by atoms with E-state index >= 15 is 0 Å². The van der Waals surface area contributed by atoms with Gasteiger partial charge in [0.25, 0.3) is 0 Å². The number of carbonyl (C=O) groups excluding carboxylic acids is 1. The fourth-order valence-electron chi connectivity index (χ4n) is 3.24. The molecule has 0 spiro atoms. The zero-order chi connectivity index (χ0) is 20.1. The summed E-state index contributed by atoms with van der Waals surface area (Å²) < 4.78 is 11.4. The molecule has 0 bridgehead atoms. The second kappa shape index (κ2) is 9.26. The van der Waals surface area contributed by atoms with Gasteiger partial charge in [0.05, 0.1) is 7.11 Å². The van der Waals surface area contributed by atoms with Crippen LogP contribution in [0.5, 0.6) is 11.5 Å². The van der Waals surface area contributed by atoms with Gasteiger partial charge in [-0.1, -0.05) is 42.0 Å². The highest BCUT2D eigenvalue weighted by molar-refractivity contribution is 7.80. The molecule has 7 heteroatoms. The first-order chi connectivity index (χ1) is 13.5. The lowest BCUT2D eigenvalue weighted by Gasteiger charge is -2.32. The van der Waals surface area contributed by atoms with Gasteiger partial charge in [-0.2, -0.15) is 0 Å². The Labute approximate surface area is 175 Å². The zero-order valence-corrected chi connectivity index (χ0v) is 17.3. The van der Waals surface area contributed by atoms with Gasteiger partial charge < -0.3 is 20.1 Å². The van der Waals surface area contributed by atoms with Crippen molar-refractivity contribution in [2.24, 2.45) is 11.7 Å². The first-order valence-electron chi connectivity index (χ1n) is 9.12. The fourth-order valence-corrected chi connectivity index (χ4v) is 3.74. The highest BCUT2D eigenvalue weighted by atomic mass is 35.5. The number of benzene rings is 2. The third-order valence-corrected chi connectivity index (χ3v) is 5.80. The van der Waals surface area contributed by atoms with Crippen molar-refractivity contribution in [3.63, 3.8) is 0 Å². The lowest BCUT2D eigenvalue weighted by atomic mass is 9.96. The SMILES string of the molecule is COc1cc(C(=S)N2CCC(C(N)=O)CC2)ccc1OCc1ccccc1Cl. The highest BCUT2D eigenvalue weighted by Crippen LogP contribution is 2.31. The van der Waals surface area contributed by atoms with Crippen LogP contribution in [-0.2, 0) is 11.4 Å². The van der Waals surface area contributed by atoms with Crippen LogP contribution in [0.2, 0.25) is 5.02 Å². The van der Waals surface area contributed by atoms with E-state index in [-0.39, 0.29) is 11.8 Å². The summed E-state index contributed by atoms with van der Waals surface area (Å²) in [6, 6.07) is 13.2. The molecule has 0 radical (unpaired) electrons. The molecule has 148 valence electrons. The lowest BCUT2D eigenvalue weighted by molar-refractivity contribution is -0.122. The number of ether oxygens (including phenoxy) is 2.